The van der Waals surface area contributed by atoms with Crippen LogP contribution in [0.2, 0.25) is 0 Å². The number of ether oxygens (including phenoxy) is 1. The number of aromatic nitrogens is 2. The molecule has 0 aliphatic heterocycles. The Morgan fingerprint density at radius 3 is 3.06 bits per heavy atom. The van der Waals surface area contributed by atoms with Gasteiger partial charge in [-0.1, -0.05) is 29.8 Å². The summed E-state index contributed by atoms with van der Waals surface area (Å²) < 4.78 is 7.43. The molecule has 4 nitrogen and oxygen atoms in total. The van der Waals surface area contributed by atoms with Crippen molar-refractivity contribution in [2.45, 2.75) is 20.1 Å². The third-order valence-electron chi connectivity index (χ3n) is 2.46. The molecule has 0 saturated carbocycles. The molecule has 1 heterocycles. The summed E-state index contributed by atoms with van der Waals surface area (Å²) in [4.78, 5) is 0. The lowest BCUT2D eigenvalue weighted by molar-refractivity contribution is 0.305. The highest BCUT2D eigenvalue weighted by Crippen LogP contribution is 2.12. The van der Waals surface area contributed by atoms with Crippen LogP contribution in [0, 0.1) is 6.92 Å². The predicted molar refractivity (Wildman–Crippen MR) is 66.8 cm³/mol. The molecule has 4 heteroatoms. The average molecular weight is 231 g/mol. The minimum Gasteiger partial charge on any atom is -0.486 e. The molecule has 0 saturated heterocycles. The van der Waals surface area contributed by atoms with Gasteiger partial charge in [0.15, 0.2) is 5.75 Å². The molecule has 17 heavy (non-hydrogen) atoms. The van der Waals surface area contributed by atoms with Gasteiger partial charge in [-0.2, -0.15) is 5.10 Å². The lowest BCUT2D eigenvalue weighted by Gasteiger charge is -2.04. The van der Waals surface area contributed by atoms with Crippen molar-refractivity contribution >= 4 is 0 Å². The molecule has 0 radical (unpaired) electrons. The summed E-state index contributed by atoms with van der Waals surface area (Å²) >= 11 is 0. The highest BCUT2D eigenvalue weighted by atomic mass is 16.5. The topological polar surface area (TPSA) is 53.1 Å². The van der Waals surface area contributed by atoms with E-state index in [4.69, 9.17) is 10.5 Å². The van der Waals surface area contributed by atoms with E-state index in [1.54, 1.807) is 10.9 Å². The van der Waals surface area contributed by atoms with E-state index in [1.165, 1.54) is 5.56 Å². The van der Waals surface area contributed by atoms with Crippen molar-refractivity contribution in [3.05, 3.63) is 47.8 Å². The Hall–Kier alpha value is -1.81. The summed E-state index contributed by atoms with van der Waals surface area (Å²) in [6.45, 7) is 3.94. The monoisotopic (exact) mass is 231 g/mol. The van der Waals surface area contributed by atoms with E-state index in [0.29, 0.717) is 19.7 Å². The lowest BCUT2D eigenvalue weighted by atomic mass is 10.1. The second kappa shape index (κ2) is 5.50. The van der Waals surface area contributed by atoms with E-state index in [2.05, 4.69) is 30.2 Å². The van der Waals surface area contributed by atoms with Crippen molar-refractivity contribution in [1.29, 1.82) is 0 Å². The first-order chi connectivity index (χ1) is 8.28. The Balaban J connectivity index is 1.93. The predicted octanol–water partition coefficient (Wildman–Crippen LogP) is 1.73. The zero-order valence-electron chi connectivity index (χ0n) is 9.97. The number of aryl methyl sites for hydroxylation is 1. The van der Waals surface area contributed by atoms with Crippen LogP contribution in [0.5, 0.6) is 5.75 Å². The van der Waals surface area contributed by atoms with Crippen LogP contribution >= 0.6 is 0 Å². The number of hydrogen-bond acceptors (Lipinski definition) is 3. The minimum atomic E-state index is 0.565. The molecular weight excluding hydrogens is 214 g/mol. The van der Waals surface area contributed by atoms with Crippen LogP contribution in [0.1, 0.15) is 11.1 Å². The van der Waals surface area contributed by atoms with Crippen molar-refractivity contribution in [2.24, 2.45) is 5.73 Å². The van der Waals surface area contributed by atoms with E-state index in [1.807, 2.05) is 12.3 Å². The molecule has 2 aromatic rings. The highest BCUT2D eigenvalue weighted by Gasteiger charge is 1.99. The fourth-order valence-corrected chi connectivity index (χ4v) is 1.64. The van der Waals surface area contributed by atoms with Crippen LogP contribution in [-0.4, -0.2) is 16.3 Å². The fourth-order valence-electron chi connectivity index (χ4n) is 1.64. The number of nitrogens with two attached hydrogens (primary N) is 1. The Bertz CT molecular complexity index is 479. The molecule has 0 aliphatic rings. The first-order valence-corrected chi connectivity index (χ1v) is 5.69. The summed E-state index contributed by atoms with van der Waals surface area (Å²) in [5.74, 6) is 0.778. The Kier molecular flexibility index (Phi) is 3.77. The zero-order valence-corrected chi connectivity index (χ0v) is 9.97. The van der Waals surface area contributed by atoms with Gasteiger partial charge < -0.3 is 10.5 Å². The van der Waals surface area contributed by atoms with Gasteiger partial charge in [0.1, 0.15) is 6.61 Å². The SMILES string of the molecule is Cc1cccc(COc2cnn(CCN)c2)c1. The minimum absolute atomic E-state index is 0.565. The van der Waals surface area contributed by atoms with Crippen molar-refractivity contribution in [3.8, 4) is 5.75 Å². The van der Waals surface area contributed by atoms with Crippen LogP contribution in [-0.2, 0) is 13.2 Å². The van der Waals surface area contributed by atoms with Gasteiger partial charge in [-0.3, -0.25) is 4.68 Å². The Labute approximate surface area is 101 Å². The van der Waals surface area contributed by atoms with E-state index in [0.717, 1.165) is 11.3 Å². The maximum atomic E-state index is 5.65. The second-order valence-electron chi connectivity index (χ2n) is 4.01. The summed E-state index contributed by atoms with van der Waals surface area (Å²) in [6.07, 6.45) is 3.58. The number of nitrogens with zero attached hydrogens (tertiary/aromatic N) is 2. The molecular formula is C13H17N3O. The molecule has 2 N–H and O–H groups in total. The van der Waals surface area contributed by atoms with Crippen molar-refractivity contribution in [2.75, 3.05) is 6.54 Å². The molecule has 1 aromatic carbocycles. The van der Waals surface area contributed by atoms with Gasteiger partial charge >= 0.3 is 0 Å². The maximum Gasteiger partial charge on any atom is 0.157 e. The smallest absolute Gasteiger partial charge is 0.157 e. The Morgan fingerprint density at radius 2 is 2.29 bits per heavy atom. The van der Waals surface area contributed by atoms with Gasteiger partial charge in [0.2, 0.25) is 0 Å². The maximum absolute atomic E-state index is 5.65. The molecule has 0 bridgehead atoms. The molecule has 0 aliphatic carbocycles. The van der Waals surface area contributed by atoms with Crippen LogP contribution in [0.4, 0.5) is 0 Å². The molecule has 1 aromatic heterocycles. The first-order valence-electron chi connectivity index (χ1n) is 5.69. The molecule has 0 atom stereocenters. The lowest BCUT2D eigenvalue weighted by Crippen LogP contribution is -2.09. The molecule has 0 fully saturated rings. The van der Waals surface area contributed by atoms with Gasteiger partial charge in [-0.05, 0) is 12.5 Å². The second-order valence-corrected chi connectivity index (χ2v) is 4.01. The van der Waals surface area contributed by atoms with Gasteiger partial charge in [-0.15, -0.1) is 0 Å². The number of benzene rings is 1. The highest BCUT2D eigenvalue weighted by molar-refractivity contribution is 5.22. The molecule has 0 amide bonds. The largest absolute Gasteiger partial charge is 0.486 e. The summed E-state index contributed by atoms with van der Waals surface area (Å²) in [7, 11) is 0. The summed E-state index contributed by atoms with van der Waals surface area (Å²) in [6, 6.07) is 8.27. The first kappa shape index (κ1) is 11.7. The zero-order chi connectivity index (χ0) is 12.1. The Morgan fingerprint density at radius 1 is 1.41 bits per heavy atom. The quantitative estimate of drug-likeness (QED) is 0.852. The van der Waals surface area contributed by atoms with Crippen LogP contribution in [0.25, 0.3) is 0 Å². The van der Waals surface area contributed by atoms with Crippen molar-refractivity contribution in [1.82, 2.24) is 9.78 Å². The van der Waals surface area contributed by atoms with Crippen LogP contribution in [0.3, 0.4) is 0 Å². The van der Waals surface area contributed by atoms with Crippen molar-refractivity contribution < 1.29 is 4.74 Å². The standard InChI is InChI=1S/C13H17N3O/c1-11-3-2-4-12(7-11)10-17-13-8-15-16(9-13)6-5-14/h2-4,7-9H,5-6,10,14H2,1H3. The normalized spacial score (nSPS) is 10.5. The van der Waals surface area contributed by atoms with E-state index in [9.17, 15) is 0 Å². The van der Waals surface area contributed by atoms with Crippen LogP contribution in [0.15, 0.2) is 36.7 Å². The van der Waals surface area contributed by atoms with Gasteiger partial charge in [0, 0.05) is 6.54 Å². The molecule has 2 rings (SSSR count). The van der Waals surface area contributed by atoms with Gasteiger partial charge in [0.25, 0.3) is 0 Å². The van der Waals surface area contributed by atoms with Gasteiger partial charge in [0.05, 0.1) is 18.9 Å². The molecule has 0 spiro atoms. The van der Waals surface area contributed by atoms with E-state index < -0.39 is 0 Å². The molecule has 90 valence electrons. The summed E-state index contributed by atoms with van der Waals surface area (Å²) in [5.41, 5.74) is 7.85. The third kappa shape index (κ3) is 3.32. The number of rotatable bonds is 5. The average Bonchev–Trinajstić information content (AvgIpc) is 2.75. The van der Waals surface area contributed by atoms with E-state index in [-0.39, 0.29) is 0 Å². The van der Waals surface area contributed by atoms with Crippen molar-refractivity contribution in [3.63, 3.8) is 0 Å². The molecule has 0 unspecified atom stereocenters. The van der Waals surface area contributed by atoms with Gasteiger partial charge in [-0.25, -0.2) is 0 Å². The third-order valence-corrected chi connectivity index (χ3v) is 2.46. The fraction of sp³-hybridized carbons (Fsp3) is 0.308. The van der Waals surface area contributed by atoms with E-state index >= 15 is 0 Å². The number of hydrogen-bond donors (Lipinski definition) is 1. The van der Waals surface area contributed by atoms with Crippen LogP contribution < -0.4 is 10.5 Å². The summed E-state index contributed by atoms with van der Waals surface area (Å²) in [5, 5.41) is 4.15.